The number of aromatic nitrogens is 1. The zero-order chi connectivity index (χ0) is 16.5. The highest BCUT2D eigenvalue weighted by atomic mass is 32.1. The van der Waals surface area contributed by atoms with E-state index in [1.54, 1.807) is 6.07 Å². The van der Waals surface area contributed by atoms with Gasteiger partial charge in [-0.2, -0.15) is 0 Å². The van der Waals surface area contributed by atoms with Crippen molar-refractivity contribution in [1.29, 1.82) is 0 Å². The number of non-ortho nitro benzene ring substituents is 1. The zero-order valence-electron chi connectivity index (χ0n) is 12.4. The van der Waals surface area contributed by atoms with Gasteiger partial charge in [-0.3, -0.25) is 10.1 Å². The molecule has 3 aromatic rings. The van der Waals surface area contributed by atoms with E-state index in [1.165, 1.54) is 23.5 Å². The molecule has 7 heteroatoms. The van der Waals surface area contributed by atoms with Crippen LogP contribution in [0.1, 0.15) is 11.8 Å². The van der Waals surface area contributed by atoms with Gasteiger partial charge in [0.2, 0.25) is 0 Å². The Balaban J connectivity index is 1.60. The number of benzene rings is 2. The van der Waals surface area contributed by atoms with Crippen LogP contribution in [-0.4, -0.2) is 16.5 Å². The molecule has 0 saturated heterocycles. The standard InChI is InChI=1S/C17H12N2O4S/c20-19(21)12-5-3-4-11(8-12)17-18-13(10-24-17)16-9-22-14-6-1-2-7-15(14)23-16/h1-8,10,16H,9H2/t16-/m0/s1. The van der Waals surface area contributed by atoms with Crippen LogP contribution in [0.4, 0.5) is 5.69 Å². The second kappa shape index (κ2) is 5.93. The molecule has 24 heavy (non-hydrogen) atoms. The summed E-state index contributed by atoms with van der Waals surface area (Å²) in [7, 11) is 0. The van der Waals surface area contributed by atoms with Crippen LogP contribution < -0.4 is 9.47 Å². The molecule has 2 aromatic carbocycles. The minimum absolute atomic E-state index is 0.0513. The van der Waals surface area contributed by atoms with Crippen molar-refractivity contribution in [2.24, 2.45) is 0 Å². The maximum absolute atomic E-state index is 10.9. The fourth-order valence-corrected chi connectivity index (χ4v) is 3.34. The van der Waals surface area contributed by atoms with Crippen molar-refractivity contribution in [1.82, 2.24) is 4.98 Å². The number of fused-ring (bicyclic) bond motifs is 1. The largest absolute Gasteiger partial charge is 0.485 e. The quantitative estimate of drug-likeness (QED) is 0.527. The summed E-state index contributed by atoms with van der Waals surface area (Å²) in [6.45, 7) is 0.384. The Morgan fingerprint density at radius 1 is 1.17 bits per heavy atom. The monoisotopic (exact) mass is 340 g/mol. The molecule has 1 atom stereocenters. The summed E-state index contributed by atoms with van der Waals surface area (Å²) >= 11 is 1.43. The third-order valence-electron chi connectivity index (χ3n) is 3.66. The average Bonchev–Trinajstić information content (AvgIpc) is 3.11. The lowest BCUT2D eigenvalue weighted by molar-refractivity contribution is -0.384. The Hall–Kier alpha value is -2.93. The van der Waals surface area contributed by atoms with E-state index in [-0.39, 0.29) is 11.8 Å². The number of hydrogen-bond acceptors (Lipinski definition) is 6. The molecule has 0 N–H and O–H groups in total. The first kappa shape index (κ1) is 14.6. The highest BCUT2D eigenvalue weighted by molar-refractivity contribution is 7.13. The van der Waals surface area contributed by atoms with E-state index in [1.807, 2.05) is 35.7 Å². The molecule has 0 saturated carbocycles. The number of nitrogens with zero attached hydrogens (tertiary/aromatic N) is 2. The molecule has 0 aliphatic carbocycles. The molecule has 120 valence electrons. The second-order valence-electron chi connectivity index (χ2n) is 5.25. The van der Waals surface area contributed by atoms with Crippen LogP contribution in [-0.2, 0) is 0 Å². The predicted octanol–water partition coefficient (Wildman–Crippen LogP) is 4.23. The van der Waals surface area contributed by atoms with Crippen molar-refractivity contribution in [3.05, 3.63) is 69.7 Å². The van der Waals surface area contributed by atoms with Gasteiger partial charge in [-0.25, -0.2) is 4.98 Å². The van der Waals surface area contributed by atoms with E-state index >= 15 is 0 Å². The summed E-state index contributed by atoms with van der Waals surface area (Å²) in [6.07, 6.45) is -0.288. The number of nitro benzene ring substituents is 1. The van der Waals surface area contributed by atoms with Gasteiger partial charge >= 0.3 is 0 Å². The lowest BCUT2D eigenvalue weighted by Crippen LogP contribution is -2.21. The number of para-hydroxylation sites is 2. The topological polar surface area (TPSA) is 74.5 Å². The normalized spacial score (nSPS) is 15.9. The van der Waals surface area contributed by atoms with Crippen LogP contribution in [0.2, 0.25) is 0 Å². The van der Waals surface area contributed by atoms with Gasteiger partial charge in [0.1, 0.15) is 11.6 Å². The Morgan fingerprint density at radius 3 is 2.83 bits per heavy atom. The molecule has 1 aromatic heterocycles. The summed E-state index contributed by atoms with van der Waals surface area (Å²) in [5.74, 6) is 1.42. The predicted molar refractivity (Wildman–Crippen MR) is 89.5 cm³/mol. The minimum Gasteiger partial charge on any atom is -0.485 e. The molecule has 0 unspecified atom stereocenters. The Labute approximate surface area is 141 Å². The van der Waals surface area contributed by atoms with Crippen molar-refractivity contribution < 1.29 is 14.4 Å². The number of rotatable bonds is 3. The van der Waals surface area contributed by atoms with Crippen LogP contribution in [0.25, 0.3) is 10.6 Å². The highest BCUT2D eigenvalue weighted by Crippen LogP contribution is 2.37. The fourth-order valence-electron chi connectivity index (χ4n) is 2.48. The number of ether oxygens (including phenoxy) is 2. The molecule has 0 amide bonds. The molecular weight excluding hydrogens is 328 g/mol. The molecular formula is C17H12N2O4S. The summed E-state index contributed by atoms with van der Waals surface area (Å²) < 4.78 is 11.6. The molecule has 0 radical (unpaired) electrons. The van der Waals surface area contributed by atoms with Gasteiger partial charge < -0.3 is 9.47 Å². The minimum atomic E-state index is -0.410. The lowest BCUT2D eigenvalue weighted by Gasteiger charge is -2.25. The van der Waals surface area contributed by atoms with Gasteiger partial charge in [0.25, 0.3) is 5.69 Å². The average molecular weight is 340 g/mol. The number of nitro groups is 1. The maximum Gasteiger partial charge on any atom is 0.270 e. The van der Waals surface area contributed by atoms with E-state index < -0.39 is 4.92 Å². The number of thiazole rings is 1. The maximum atomic E-state index is 10.9. The van der Waals surface area contributed by atoms with Crippen LogP contribution in [0.3, 0.4) is 0 Å². The first-order valence-corrected chi connectivity index (χ1v) is 8.17. The van der Waals surface area contributed by atoms with Gasteiger partial charge in [0.15, 0.2) is 17.6 Å². The third kappa shape index (κ3) is 2.69. The zero-order valence-corrected chi connectivity index (χ0v) is 13.2. The molecule has 0 bridgehead atoms. The van der Waals surface area contributed by atoms with Crippen molar-refractivity contribution >= 4 is 17.0 Å². The van der Waals surface area contributed by atoms with Crippen LogP contribution in [0, 0.1) is 10.1 Å². The Kier molecular flexibility index (Phi) is 3.62. The van der Waals surface area contributed by atoms with E-state index in [2.05, 4.69) is 4.98 Å². The van der Waals surface area contributed by atoms with Crippen LogP contribution in [0.15, 0.2) is 53.9 Å². The molecule has 2 heterocycles. The SMILES string of the molecule is O=[N+]([O-])c1cccc(-c2nc([C@@H]3COc4ccccc4O3)cs2)c1. The molecule has 1 aliphatic heterocycles. The number of hydrogen-bond donors (Lipinski definition) is 0. The smallest absolute Gasteiger partial charge is 0.270 e. The summed E-state index contributed by atoms with van der Waals surface area (Å²) in [4.78, 5) is 15.1. The van der Waals surface area contributed by atoms with Crippen LogP contribution >= 0.6 is 11.3 Å². The molecule has 0 spiro atoms. The van der Waals surface area contributed by atoms with Crippen molar-refractivity contribution in [2.75, 3.05) is 6.61 Å². The van der Waals surface area contributed by atoms with Gasteiger partial charge in [-0.15, -0.1) is 11.3 Å². The van der Waals surface area contributed by atoms with Crippen molar-refractivity contribution in [3.63, 3.8) is 0 Å². The van der Waals surface area contributed by atoms with E-state index in [4.69, 9.17) is 9.47 Å². The molecule has 1 aliphatic rings. The van der Waals surface area contributed by atoms with Gasteiger partial charge in [0.05, 0.1) is 10.6 Å². The Bertz CT molecular complexity index is 909. The fraction of sp³-hybridized carbons (Fsp3) is 0.118. The van der Waals surface area contributed by atoms with E-state index in [0.717, 1.165) is 22.0 Å². The molecule has 6 nitrogen and oxygen atoms in total. The first-order valence-electron chi connectivity index (χ1n) is 7.29. The van der Waals surface area contributed by atoms with E-state index in [0.29, 0.717) is 12.4 Å². The second-order valence-corrected chi connectivity index (χ2v) is 6.11. The van der Waals surface area contributed by atoms with Crippen LogP contribution in [0.5, 0.6) is 11.5 Å². The first-order chi connectivity index (χ1) is 11.7. The summed E-state index contributed by atoms with van der Waals surface area (Å²) in [5.41, 5.74) is 1.53. The van der Waals surface area contributed by atoms with E-state index in [9.17, 15) is 10.1 Å². The summed E-state index contributed by atoms with van der Waals surface area (Å²) in [5, 5.41) is 13.5. The van der Waals surface area contributed by atoms with Gasteiger partial charge in [-0.1, -0.05) is 24.3 Å². The highest BCUT2D eigenvalue weighted by Gasteiger charge is 2.24. The lowest BCUT2D eigenvalue weighted by atomic mass is 10.2. The van der Waals surface area contributed by atoms with Gasteiger partial charge in [0, 0.05) is 23.1 Å². The van der Waals surface area contributed by atoms with Gasteiger partial charge in [-0.05, 0) is 12.1 Å². The molecule has 0 fully saturated rings. The summed E-state index contributed by atoms with van der Waals surface area (Å²) in [6, 6.07) is 14.0. The Morgan fingerprint density at radius 2 is 2.00 bits per heavy atom. The van der Waals surface area contributed by atoms with Crippen molar-refractivity contribution in [3.8, 4) is 22.1 Å². The van der Waals surface area contributed by atoms with Crippen molar-refractivity contribution in [2.45, 2.75) is 6.10 Å². The molecule has 4 rings (SSSR count). The third-order valence-corrected chi connectivity index (χ3v) is 4.57.